The number of nitrogens with one attached hydrogen (secondary N) is 1. The quantitative estimate of drug-likeness (QED) is 0.710. The maximum absolute atomic E-state index is 11.5. The van der Waals surface area contributed by atoms with Gasteiger partial charge in [0.15, 0.2) is 0 Å². The number of hydrogen-bond acceptors (Lipinski definition) is 4. The average molecular weight is 208 g/mol. The van der Waals surface area contributed by atoms with Gasteiger partial charge < -0.3 is 10.6 Å². The van der Waals surface area contributed by atoms with E-state index in [2.05, 4.69) is 14.9 Å². The highest BCUT2D eigenvalue weighted by atomic mass is 16.1. The third-order valence-corrected chi connectivity index (χ3v) is 2.83. The molecular formula is C10H16N4O. The first-order valence-corrected chi connectivity index (χ1v) is 5.30. The Hall–Kier alpha value is -1.52. The van der Waals surface area contributed by atoms with Crippen molar-refractivity contribution in [2.24, 2.45) is 0 Å². The molecule has 5 heteroatoms. The number of piperidine rings is 1. The topological polar surface area (TPSA) is 75.0 Å². The van der Waals surface area contributed by atoms with Gasteiger partial charge in [-0.2, -0.15) is 4.98 Å². The van der Waals surface area contributed by atoms with E-state index in [0.717, 1.165) is 25.9 Å². The van der Waals surface area contributed by atoms with E-state index in [4.69, 9.17) is 5.73 Å². The van der Waals surface area contributed by atoms with Crippen LogP contribution in [0.5, 0.6) is 0 Å². The molecule has 0 unspecified atom stereocenters. The Morgan fingerprint density at radius 1 is 1.33 bits per heavy atom. The molecule has 1 aliphatic heterocycles. The van der Waals surface area contributed by atoms with Crippen LogP contribution in [0.2, 0.25) is 0 Å². The Labute approximate surface area is 88.3 Å². The largest absolute Gasteiger partial charge is 0.383 e. The number of anilines is 2. The smallest absolute Gasteiger partial charge is 0.257 e. The molecule has 0 aromatic carbocycles. The summed E-state index contributed by atoms with van der Waals surface area (Å²) in [6, 6.07) is 0. The highest BCUT2D eigenvalue weighted by Crippen LogP contribution is 2.15. The van der Waals surface area contributed by atoms with Crippen LogP contribution >= 0.6 is 0 Å². The normalized spacial score (nSPS) is 16.7. The molecule has 0 atom stereocenters. The summed E-state index contributed by atoms with van der Waals surface area (Å²) in [5.74, 6) is 0.946. The van der Waals surface area contributed by atoms with Crippen molar-refractivity contribution in [2.75, 3.05) is 23.7 Å². The minimum absolute atomic E-state index is 0.136. The van der Waals surface area contributed by atoms with E-state index in [1.807, 2.05) is 0 Å². The lowest BCUT2D eigenvalue weighted by Gasteiger charge is -2.27. The van der Waals surface area contributed by atoms with E-state index in [1.165, 1.54) is 6.42 Å². The lowest BCUT2D eigenvalue weighted by Crippen LogP contribution is -2.33. The zero-order valence-corrected chi connectivity index (χ0v) is 8.92. The number of nitrogens with zero attached hydrogens (tertiary/aromatic N) is 2. The highest BCUT2D eigenvalue weighted by molar-refractivity contribution is 5.43. The van der Waals surface area contributed by atoms with E-state index in [1.54, 1.807) is 6.92 Å². The molecule has 15 heavy (non-hydrogen) atoms. The number of hydrogen-bond donors (Lipinski definition) is 2. The van der Waals surface area contributed by atoms with Gasteiger partial charge in [-0.05, 0) is 26.2 Å². The lowest BCUT2D eigenvalue weighted by molar-refractivity contribution is 0.567. The molecule has 0 spiro atoms. The molecule has 3 N–H and O–H groups in total. The van der Waals surface area contributed by atoms with Gasteiger partial charge in [-0.3, -0.25) is 9.78 Å². The second-order valence-electron chi connectivity index (χ2n) is 3.95. The first kappa shape index (κ1) is 10.0. The maximum atomic E-state index is 11.5. The van der Waals surface area contributed by atoms with Crippen LogP contribution in [0.25, 0.3) is 0 Å². The Morgan fingerprint density at radius 2 is 2.00 bits per heavy atom. The van der Waals surface area contributed by atoms with Gasteiger partial charge in [0.2, 0.25) is 5.95 Å². The summed E-state index contributed by atoms with van der Waals surface area (Å²) in [6.45, 7) is 3.58. The molecule has 0 amide bonds. The first-order chi connectivity index (χ1) is 7.18. The Kier molecular flexibility index (Phi) is 2.62. The van der Waals surface area contributed by atoms with E-state index in [0.29, 0.717) is 17.3 Å². The number of nitrogens with two attached hydrogens (primary N) is 1. The summed E-state index contributed by atoms with van der Waals surface area (Å²) in [5.41, 5.74) is 6.03. The number of nitrogen functional groups attached to an aromatic ring is 1. The Morgan fingerprint density at radius 3 is 2.60 bits per heavy atom. The standard InChI is InChI=1S/C10H16N4O/c1-7-8(11)12-10(13-9(7)15)14-5-3-2-4-6-14/h2-6H2,1H3,(H3,11,12,13,15). The third-order valence-electron chi connectivity index (χ3n) is 2.83. The van der Waals surface area contributed by atoms with Crippen molar-refractivity contribution in [1.82, 2.24) is 9.97 Å². The number of aromatic nitrogens is 2. The third kappa shape index (κ3) is 1.95. The second kappa shape index (κ2) is 3.92. The van der Waals surface area contributed by atoms with E-state index >= 15 is 0 Å². The fraction of sp³-hybridized carbons (Fsp3) is 0.600. The van der Waals surface area contributed by atoms with Crippen molar-refractivity contribution in [3.63, 3.8) is 0 Å². The summed E-state index contributed by atoms with van der Waals surface area (Å²) in [6.07, 6.45) is 3.55. The minimum atomic E-state index is -0.136. The van der Waals surface area contributed by atoms with Gasteiger partial charge in [0.05, 0.1) is 5.56 Å². The minimum Gasteiger partial charge on any atom is -0.383 e. The van der Waals surface area contributed by atoms with Crippen LogP contribution in [0.15, 0.2) is 4.79 Å². The van der Waals surface area contributed by atoms with Gasteiger partial charge >= 0.3 is 0 Å². The molecule has 1 aromatic rings. The zero-order valence-electron chi connectivity index (χ0n) is 8.92. The van der Waals surface area contributed by atoms with Crippen molar-refractivity contribution in [1.29, 1.82) is 0 Å². The molecule has 1 fully saturated rings. The van der Waals surface area contributed by atoms with Crippen LogP contribution in [-0.4, -0.2) is 23.1 Å². The van der Waals surface area contributed by atoms with Gasteiger partial charge in [0, 0.05) is 13.1 Å². The van der Waals surface area contributed by atoms with Crippen LogP contribution in [0, 0.1) is 6.92 Å². The number of aromatic amines is 1. The van der Waals surface area contributed by atoms with E-state index < -0.39 is 0 Å². The van der Waals surface area contributed by atoms with Crippen LogP contribution < -0.4 is 16.2 Å². The summed E-state index contributed by atoms with van der Waals surface area (Å²) in [5, 5.41) is 0. The molecule has 82 valence electrons. The fourth-order valence-electron chi connectivity index (χ4n) is 1.79. The van der Waals surface area contributed by atoms with Crippen molar-refractivity contribution < 1.29 is 0 Å². The molecular weight excluding hydrogens is 192 g/mol. The summed E-state index contributed by atoms with van der Waals surface area (Å²) >= 11 is 0. The van der Waals surface area contributed by atoms with Crippen molar-refractivity contribution in [3.8, 4) is 0 Å². The van der Waals surface area contributed by atoms with Gasteiger partial charge in [-0.15, -0.1) is 0 Å². The molecule has 0 bridgehead atoms. The molecule has 1 aliphatic rings. The van der Waals surface area contributed by atoms with Crippen LogP contribution in [-0.2, 0) is 0 Å². The van der Waals surface area contributed by atoms with Crippen molar-refractivity contribution >= 4 is 11.8 Å². The molecule has 0 radical (unpaired) electrons. The van der Waals surface area contributed by atoms with Gasteiger partial charge in [-0.1, -0.05) is 0 Å². The molecule has 2 heterocycles. The van der Waals surface area contributed by atoms with E-state index in [9.17, 15) is 4.79 Å². The number of rotatable bonds is 1. The predicted octanol–water partition coefficient (Wildman–Crippen LogP) is 0.651. The highest BCUT2D eigenvalue weighted by Gasteiger charge is 2.14. The maximum Gasteiger partial charge on any atom is 0.257 e. The Bertz CT molecular complexity index is 406. The SMILES string of the molecule is Cc1c(N)nc(N2CCCCC2)[nH]c1=O. The first-order valence-electron chi connectivity index (χ1n) is 5.30. The predicted molar refractivity (Wildman–Crippen MR) is 60.1 cm³/mol. The molecule has 2 rings (SSSR count). The zero-order chi connectivity index (χ0) is 10.8. The second-order valence-corrected chi connectivity index (χ2v) is 3.95. The van der Waals surface area contributed by atoms with Crippen LogP contribution in [0.4, 0.5) is 11.8 Å². The lowest BCUT2D eigenvalue weighted by atomic mass is 10.1. The molecule has 1 aromatic heterocycles. The van der Waals surface area contributed by atoms with Gasteiger partial charge in [0.25, 0.3) is 5.56 Å². The van der Waals surface area contributed by atoms with Crippen LogP contribution in [0.3, 0.4) is 0 Å². The van der Waals surface area contributed by atoms with Crippen molar-refractivity contribution in [3.05, 3.63) is 15.9 Å². The van der Waals surface area contributed by atoms with Crippen molar-refractivity contribution in [2.45, 2.75) is 26.2 Å². The summed E-state index contributed by atoms with van der Waals surface area (Å²) in [4.78, 5) is 20.6. The van der Waals surface area contributed by atoms with Crippen LogP contribution in [0.1, 0.15) is 24.8 Å². The van der Waals surface area contributed by atoms with E-state index in [-0.39, 0.29) is 5.56 Å². The molecule has 1 saturated heterocycles. The Balaban J connectivity index is 2.32. The van der Waals surface area contributed by atoms with Gasteiger partial charge in [0.1, 0.15) is 5.82 Å². The monoisotopic (exact) mass is 208 g/mol. The summed E-state index contributed by atoms with van der Waals surface area (Å²) in [7, 11) is 0. The average Bonchev–Trinajstić information content (AvgIpc) is 2.26. The molecule has 0 aliphatic carbocycles. The fourth-order valence-corrected chi connectivity index (χ4v) is 1.79. The molecule has 0 saturated carbocycles. The molecule has 5 nitrogen and oxygen atoms in total. The number of H-pyrrole nitrogens is 1. The summed E-state index contributed by atoms with van der Waals surface area (Å²) < 4.78 is 0. The van der Waals surface area contributed by atoms with Gasteiger partial charge in [-0.25, -0.2) is 0 Å².